The van der Waals surface area contributed by atoms with Gasteiger partial charge in [-0.1, -0.05) is 43.2 Å². The van der Waals surface area contributed by atoms with Gasteiger partial charge in [0.1, 0.15) is 0 Å². The van der Waals surface area contributed by atoms with E-state index in [9.17, 15) is 5.11 Å². The number of aryl methyl sites for hydroxylation is 1. The van der Waals surface area contributed by atoms with Crippen LogP contribution in [0, 0.1) is 12.8 Å². The van der Waals surface area contributed by atoms with Crippen LogP contribution in [0.2, 0.25) is 0 Å². The number of hydrogen-bond donors (Lipinski definition) is 1. The van der Waals surface area contributed by atoms with Gasteiger partial charge in [-0.3, -0.25) is 0 Å². The van der Waals surface area contributed by atoms with Crippen LogP contribution < -0.4 is 0 Å². The molecule has 2 nitrogen and oxygen atoms in total. The molecule has 2 heteroatoms. The minimum atomic E-state index is -0.356. The van der Waals surface area contributed by atoms with Gasteiger partial charge in [-0.05, 0) is 37.8 Å². The van der Waals surface area contributed by atoms with Crippen LogP contribution in [0.25, 0.3) is 0 Å². The van der Waals surface area contributed by atoms with Crippen LogP contribution in [-0.4, -0.2) is 29.6 Å². The van der Waals surface area contributed by atoms with Gasteiger partial charge >= 0.3 is 0 Å². The van der Waals surface area contributed by atoms with E-state index < -0.39 is 0 Å². The summed E-state index contributed by atoms with van der Waals surface area (Å²) in [5.41, 5.74) is 2.28. The van der Waals surface area contributed by atoms with E-state index in [4.69, 9.17) is 0 Å². The first-order valence-electron chi connectivity index (χ1n) is 7.16. The van der Waals surface area contributed by atoms with E-state index in [1.165, 1.54) is 24.8 Å². The normalized spacial score (nSPS) is 17.8. The fourth-order valence-corrected chi connectivity index (χ4v) is 2.51. The van der Waals surface area contributed by atoms with Crippen molar-refractivity contribution < 1.29 is 5.11 Å². The number of aliphatic hydroxyl groups is 1. The summed E-state index contributed by atoms with van der Waals surface area (Å²) in [5.74, 6) is 0.871. The summed E-state index contributed by atoms with van der Waals surface area (Å²) >= 11 is 0. The molecule has 1 unspecified atom stereocenters. The monoisotopic (exact) mass is 247 g/mol. The van der Waals surface area contributed by atoms with Crippen LogP contribution in [0.3, 0.4) is 0 Å². The second kappa shape index (κ2) is 6.35. The molecule has 0 aromatic heterocycles. The number of hydrogen-bond acceptors (Lipinski definition) is 2. The Morgan fingerprint density at radius 2 is 1.94 bits per heavy atom. The van der Waals surface area contributed by atoms with Gasteiger partial charge < -0.3 is 10.0 Å². The van der Waals surface area contributed by atoms with Crippen molar-refractivity contribution in [3.8, 4) is 0 Å². The summed E-state index contributed by atoms with van der Waals surface area (Å²) in [6.45, 7) is 7.19. The van der Waals surface area contributed by atoms with Crippen molar-refractivity contribution in [3.05, 3.63) is 35.4 Å². The van der Waals surface area contributed by atoms with E-state index in [0.29, 0.717) is 0 Å². The molecule has 1 saturated carbocycles. The predicted octanol–water partition coefficient (Wildman–Crippen LogP) is 3.15. The Kier molecular flexibility index (Phi) is 4.79. The molecule has 1 aromatic rings. The van der Waals surface area contributed by atoms with Crippen LogP contribution >= 0.6 is 0 Å². The molecule has 100 valence electrons. The fraction of sp³-hybridized carbons (Fsp3) is 0.625. The maximum absolute atomic E-state index is 10.3. The third-order valence-corrected chi connectivity index (χ3v) is 4.08. The Balaban J connectivity index is 1.87. The number of nitrogens with zero attached hydrogens (tertiary/aromatic N) is 1. The molecule has 2 rings (SSSR count). The van der Waals surface area contributed by atoms with Gasteiger partial charge in [-0.2, -0.15) is 0 Å². The molecule has 0 amide bonds. The Morgan fingerprint density at radius 1 is 1.28 bits per heavy atom. The average molecular weight is 247 g/mol. The van der Waals surface area contributed by atoms with Crippen LogP contribution in [-0.2, 0) is 0 Å². The maximum atomic E-state index is 10.3. The van der Waals surface area contributed by atoms with Crippen molar-refractivity contribution in [2.45, 2.75) is 39.2 Å². The third kappa shape index (κ3) is 3.56. The van der Waals surface area contributed by atoms with Crippen molar-refractivity contribution in [1.82, 2.24) is 4.90 Å². The summed E-state index contributed by atoms with van der Waals surface area (Å²) in [4.78, 5) is 2.38. The molecular formula is C16H25NO. The maximum Gasteiger partial charge on any atom is 0.0916 e. The van der Waals surface area contributed by atoms with Crippen molar-refractivity contribution in [1.29, 1.82) is 0 Å². The molecule has 1 aliphatic carbocycles. The average Bonchev–Trinajstić information content (AvgIpc) is 2.32. The van der Waals surface area contributed by atoms with Gasteiger partial charge in [0.15, 0.2) is 0 Å². The predicted molar refractivity (Wildman–Crippen MR) is 75.6 cm³/mol. The highest BCUT2D eigenvalue weighted by Gasteiger charge is 2.21. The van der Waals surface area contributed by atoms with Gasteiger partial charge in [0.25, 0.3) is 0 Å². The zero-order chi connectivity index (χ0) is 13.0. The third-order valence-electron chi connectivity index (χ3n) is 4.08. The smallest absolute Gasteiger partial charge is 0.0916 e. The lowest BCUT2D eigenvalue weighted by atomic mass is 9.85. The van der Waals surface area contributed by atoms with E-state index >= 15 is 0 Å². The summed E-state index contributed by atoms with van der Waals surface area (Å²) in [6.07, 6.45) is 3.78. The molecule has 0 radical (unpaired) electrons. The Bertz CT molecular complexity index is 356. The topological polar surface area (TPSA) is 23.5 Å². The zero-order valence-corrected chi connectivity index (χ0v) is 11.6. The summed E-state index contributed by atoms with van der Waals surface area (Å²) in [7, 11) is 0. The molecule has 1 aromatic carbocycles. The van der Waals surface area contributed by atoms with E-state index in [1.54, 1.807) is 0 Å². The Hall–Kier alpha value is -0.860. The first-order chi connectivity index (χ1) is 8.69. The van der Waals surface area contributed by atoms with Crippen LogP contribution in [0.5, 0.6) is 0 Å². The second-order valence-corrected chi connectivity index (χ2v) is 5.58. The lowest BCUT2D eigenvalue weighted by Gasteiger charge is -2.32. The number of benzene rings is 1. The molecule has 0 saturated heterocycles. The van der Waals surface area contributed by atoms with E-state index in [1.807, 2.05) is 12.1 Å². The number of rotatable bonds is 6. The summed E-state index contributed by atoms with van der Waals surface area (Å²) in [6, 6.07) is 8.22. The molecule has 0 spiro atoms. The lowest BCUT2D eigenvalue weighted by molar-refractivity contribution is 0.0941. The van der Waals surface area contributed by atoms with Crippen molar-refractivity contribution >= 4 is 0 Å². The number of likely N-dealkylation sites (N-methyl/N-ethyl adjacent to an activating group) is 1. The van der Waals surface area contributed by atoms with E-state index in [2.05, 4.69) is 30.9 Å². The molecule has 0 bridgehead atoms. The Labute approximate surface area is 111 Å². The largest absolute Gasteiger partial charge is 0.387 e. The van der Waals surface area contributed by atoms with Crippen molar-refractivity contribution in [2.24, 2.45) is 5.92 Å². The van der Waals surface area contributed by atoms with Gasteiger partial charge in [0.2, 0.25) is 0 Å². The SMILES string of the molecule is CCN(CC1CCC1)CC(O)c1ccc(C)cc1. The molecule has 1 N–H and O–H groups in total. The standard InChI is InChI=1S/C16H25NO/c1-3-17(11-14-5-4-6-14)12-16(18)15-9-7-13(2)8-10-15/h7-10,14,16,18H,3-6,11-12H2,1-2H3. The summed E-state index contributed by atoms with van der Waals surface area (Å²) < 4.78 is 0. The minimum Gasteiger partial charge on any atom is -0.387 e. The zero-order valence-electron chi connectivity index (χ0n) is 11.6. The molecular weight excluding hydrogens is 222 g/mol. The van der Waals surface area contributed by atoms with Crippen molar-refractivity contribution in [3.63, 3.8) is 0 Å². The molecule has 1 atom stereocenters. The van der Waals surface area contributed by atoms with Gasteiger partial charge in [0.05, 0.1) is 6.10 Å². The first kappa shape index (κ1) is 13.6. The first-order valence-corrected chi connectivity index (χ1v) is 7.16. The number of aliphatic hydroxyl groups excluding tert-OH is 1. The van der Waals surface area contributed by atoms with Gasteiger partial charge in [-0.15, -0.1) is 0 Å². The van der Waals surface area contributed by atoms with Crippen molar-refractivity contribution in [2.75, 3.05) is 19.6 Å². The fourth-order valence-electron chi connectivity index (χ4n) is 2.51. The summed E-state index contributed by atoms with van der Waals surface area (Å²) in [5, 5.41) is 10.3. The second-order valence-electron chi connectivity index (χ2n) is 5.58. The highest BCUT2D eigenvalue weighted by molar-refractivity contribution is 5.23. The van der Waals surface area contributed by atoms with Gasteiger partial charge in [0, 0.05) is 13.1 Å². The molecule has 1 fully saturated rings. The minimum absolute atomic E-state index is 0.356. The highest BCUT2D eigenvalue weighted by Crippen LogP contribution is 2.27. The van der Waals surface area contributed by atoms with E-state index in [-0.39, 0.29) is 6.10 Å². The molecule has 0 heterocycles. The van der Waals surface area contributed by atoms with Gasteiger partial charge in [-0.25, -0.2) is 0 Å². The molecule has 1 aliphatic rings. The van der Waals surface area contributed by atoms with E-state index in [0.717, 1.165) is 31.1 Å². The Morgan fingerprint density at radius 3 is 2.44 bits per heavy atom. The highest BCUT2D eigenvalue weighted by atomic mass is 16.3. The van der Waals surface area contributed by atoms with Crippen LogP contribution in [0.15, 0.2) is 24.3 Å². The molecule has 0 aliphatic heterocycles. The quantitative estimate of drug-likeness (QED) is 0.834. The molecule has 18 heavy (non-hydrogen) atoms. The van der Waals surface area contributed by atoms with Crippen LogP contribution in [0.4, 0.5) is 0 Å². The van der Waals surface area contributed by atoms with Crippen LogP contribution in [0.1, 0.15) is 43.4 Å². The lowest BCUT2D eigenvalue weighted by Crippen LogP contribution is -2.35.